The van der Waals surface area contributed by atoms with Crippen molar-refractivity contribution in [2.24, 2.45) is 5.92 Å². The molecular weight excluding hydrogens is 300 g/mol. The molecule has 0 saturated carbocycles. The summed E-state index contributed by atoms with van der Waals surface area (Å²) in [5.74, 6) is -1.32. The summed E-state index contributed by atoms with van der Waals surface area (Å²) in [7, 11) is 0. The predicted octanol–water partition coefficient (Wildman–Crippen LogP) is 2.25. The minimum atomic E-state index is -0.576. The maximum Gasteiger partial charge on any atom is 0.177 e. The van der Waals surface area contributed by atoms with Crippen LogP contribution in [0.4, 0.5) is 0 Å². The van der Waals surface area contributed by atoms with Crippen LogP contribution < -0.4 is 4.74 Å². The third-order valence-electron chi connectivity index (χ3n) is 4.08. The fourth-order valence-electron chi connectivity index (χ4n) is 2.69. The average Bonchev–Trinajstić information content (AvgIpc) is 2.50. The number of fused-ring (bicyclic) bond motifs is 1. The van der Waals surface area contributed by atoms with Crippen LogP contribution in [0.5, 0.6) is 28.7 Å². The first-order valence-corrected chi connectivity index (χ1v) is 7.12. The van der Waals surface area contributed by atoms with Gasteiger partial charge in [0.25, 0.3) is 0 Å². The second kappa shape index (κ2) is 5.39. The highest BCUT2D eigenvalue weighted by molar-refractivity contribution is 6.04. The molecule has 0 spiro atoms. The molecule has 6 nitrogen and oxygen atoms in total. The lowest BCUT2D eigenvalue weighted by molar-refractivity contribution is 0.0825. The number of phenols is 4. The summed E-state index contributed by atoms with van der Waals surface area (Å²) in [6.07, 6.45) is 0.212. The van der Waals surface area contributed by atoms with Crippen LogP contribution in [0.2, 0.25) is 0 Å². The van der Waals surface area contributed by atoms with Gasteiger partial charge in [0, 0.05) is 17.7 Å². The Hall–Kier alpha value is -2.89. The van der Waals surface area contributed by atoms with E-state index in [1.54, 1.807) is 0 Å². The van der Waals surface area contributed by atoms with Crippen LogP contribution in [0.1, 0.15) is 21.5 Å². The van der Waals surface area contributed by atoms with Gasteiger partial charge in [-0.15, -0.1) is 0 Å². The molecule has 3 rings (SSSR count). The van der Waals surface area contributed by atoms with E-state index >= 15 is 0 Å². The zero-order valence-corrected chi connectivity index (χ0v) is 12.4. The molecule has 0 radical (unpaired) electrons. The Morgan fingerprint density at radius 2 is 1.87 bits per heavy atom. The Morgan fingerprint density at radius 1 is 1.13 bits per heavy atom. The number of hydrogen-bond donors (Lipinski definition) is 4. The molecule has 1 heterocycles. The van der Waals surface area contributed by atoms with Crippen LogP contribution in [-0.4, -0.2) is 32.8 Å². The second-order valence-corrected chi connectivity index (χ2v) is 5.63. The van der Waals surface area contributed by atoms with E-state index in [0.717, 1.165) is 0 Å². The number of carbonyl (C=O) groups excluding carboxylic acids is 1. The Labute approximate surface area is 132 Å². The fourth-order valence-corrected chi connectivity index (χ4v) is 2.69. The lowest BCUT2D eigenvalue weighted by atomic mass is 9.88. The van der Waals surface area contributed by atoms with E-state index in [1.807, 2.05) is 0 Å². The zero-order chi connectivity index (χ0) is 16.7. The molecule has 6 heteroatoms. The zero-order valence-electron chi connectivity index (χ0n) is 12.4. The second-order valence-electron chi connectivity index (χ2n) is 5.63. The molecule has 0 aliphatic carbocycles. The molecule has 2 aromatic rings. The molecule has 23 heavy (non-hydrogen) atoms. The monoisotopic (exact) mass is 316 g/mol. The smallest absolute Gasteiger partial charge is 0.177 e. The maximum absolute atomic E-state index is 12.6. The third-order valence-corrected chi connectivity index (χ3v) is 4.08. The fraction of sp³-hybridized carbons (Fsp3) is 0.235. The summed E-state index contributed by atoms with van der Waals surface area (Å²) in [5.41, 5.74) is 0.770. The number of ketones is 1. The third kappa shape index (κ3) is 2.52. The first kappa shape index (κ1) is 15.0. The number of rotatable bonds is 2. The van der Waals surface area contributed by atoms with Crippen LogP contribution in [-0.2, 0) is 6.42 Å². The van der Waals surface area contributed by atoms with Gasteiger partial charge in [-0.2, -0.15) is 0 Å². The van der Waals surface area contributed by atoms with Crippen molar-refractivity contribution in [2.45, 2.75) is 13.3 Å². The molecule has 1 atom stereocenters. The summed E-state index contributed by atoms with van der Waals surface area (Å²) < 4.78 is 5.49. The molecule has 0 saturated heterocycles. The summed E-state index contributed by atoms with van der Waals surface area (Å²) in [4.78, 5) is 12.6. The molecule has 120 valence electrons. The average molecular weight is 316 g/mol. The summed E-state index contributed by atoms with van der Waals surface area (Å²) in [6, 6.07) is 5.49. The van der Waals surface area contributed by atoms with Crippen LogP contribution >= 0.6 is 0 Å². The molecule has 4 N–H and O–H groups in total. The Bertz CT molecular complexity index is 796. The topological polar surface area (TPSA) is 107 Å². The molecule has 2 aromatic carbocycles. The van der Waals surface area contributed by atoms with Crippen molar-refractivity contribution in [3.05, 3.63) is 41.0 Å². The molecule has 1 aliphatic rings. The number of hydrogen-bond acceptors (Lipinski definition) is 6. The van der Waals surface area contributed by atoms with Gasteiger partial charge in [-0.25, -0.2) is 0 Å². The number of aromatic hydroxyl groups is 4. The van der Waals surface area contributed by atoms with Crippen molar-refractivity contribution in [1.82, 2.24) is 0 Å². The molecule has 0 fully saturated rings. The van der Waals surface area contributed by atoms with E-state index in [9.17, 15) is 25.2 Å². The summed E-state index contributed by atoms with van der Waals surface area (Å²) in [6.45, 7) is 1.59. The van der Waals surface area contributed by atoms with Crippen molar-refractivity contribution in [3.8, 4) is 28.7 Å². The standard InChI is InChI=1S/C17H16O6/c1-8-12(19)6-14-15(16(8)21)17(22)10(7-23-14)4-9-2-3-11(18)5-13(9)20/h2-3,5-6,10,18-21H,4,7H2,1H3/t10-/m1/s1. The first-order chi connectivity index (χ1) is 10.9. The lowest BCUT2D eigenvalue weighted by Gasteiger charge is -2.26. The molecule has 0 amide bonds. The highest BCUT2D eigenvalue weighted by Gasteiger charge is 2.33. The molecule has 0 unspecified atom stereocenters. The Balaban J connectivity index is 1.93. The summed E-state index contributed by atoms with van der Waals surface area (Å²) >= 11 is 0. The van der Waals surface area contributed by atoms with Crippen molar-refractivity contribution in [2.75, 3.05) is 6.61 Å². The van der Waals surface area contributed by atoms with Crippen LogP contribution in [0, 0.1) is 12.8 Å². The van der Waals surface area contributed by atoms with Crippen molar-refractivity contribution in [1.29, 1.82) is 0 Å². The van der Waals surface area contributed by atoms with Gasteiger partial charge < -0.3 is 25.2 Å². The Morgan fingerprint density at radius 3 is 2.57 bits per heavy atom. The van der Waals surface area contributed by atoms with Crippen molar-refractivity contribution in [3.63, 3.8) is 0 Å². The molecular formula is C17H16O6. The maximum atomic E-state index is 12.6. The Kier molecular flexibility index (Phi) is 3.52. The van der Waals surface area contributed by atoms with Gasteiger partial charge in [-0.1, -0.05) is 6.07 Å². The molecule has 0 aromatic heterocycles. The van der Waals surface area contributed by atoms with E-state index in [0.29, 0.717) is 5.56 Å². The van der Waals surface area contributed by atoms with E-state index in [4.69, 9.17) is 4.74 Å². The molecule has 0 bridgehead atoms. The lowest BCUT2D eigenvalue weighted by Crippen LogP contribution is -2.29. The normalized spacial score (nSPS) is 16.7. The van der Waals surface area contributed by atoms with E-state index in [-0.39, 0.29) is 58.7 Å². The van der Waals surface area contributed by atoms with Crippen LogP contribution in [0.3, 0.4) is 0 Å². The minimum absolute atomic E-state index is 0.0508. The van der Waals surface area contributed by atoms with Gasteiger partial charge in [-0.05, 0) is 25.0 Å². The largest absolute Gasteiger partial charge is 0.508 e. The quantitative estimate of drug-likeness (QED) is 0.677. The van der Waals surface area contributed by atoms with Gasteiger partial charge in [0.05, 0.1) is 12.5 Å². The van der Waals surface area contributed by atoms with E-state index in [2.05, 4.69) is 0 Å². The van der Waals surface area contributed by atoms with E-state index < -0.39 is 5.92 Å². The van der Waals surface area contributed by atoms with Gasteiger partial charge in [0.2, 0.25) is 0 Å². The van der Waals surface area contributed by atoms with Crippen LogP contribution in [0.15, 0.2) is 24.3 Å². The van der Waals surface area contributed by atoms with Crippen molar-refractivity contribution >= 4 is 5.78 Å². The minimum Gasteiger partial charge on any atom is -0.508 e. The highest BCUT2D eigenvalue weighted by Crippen LogP contribution is 2.41. The number of carbonyl (C=O) groups is 1. The number of benzene rings is 2. The van der Waals surface area contributed by atoms with Gasteiger partial charge in [-0.3, -0.25) is 4.79 Å². The number of phenolic OH excluding ortho intramolecular Hbond substituents is 4. The van der Waals surface area contributed by atoms with Gasteiger partial charge in [0.15, 0.2) is 5.78 Å². The number of ether oxygens (including phenoxy) is 1. The molecule has 1 aliphatic heterocycles. The van der Waals surface area contributed by atoms with Gasteiger partial charge >= 0.3 is 0 Å². The summed E-state index contributed by atoms with van der Waals surface area (Å²) in [5, 5.41) is 39.0. The number of Topliss-reactive ketones (excluding diaryl/α,β-unsaturated/α-hetero) is 1. The van der Waals surface area contributed by atoms with Crippen LogP contribution in [0.25, 0.3) is 0 Å². The highest BCUT2D eigenvalue weighted by atomic mass is 16.5. The van der Waals surface area contributed by atoms with Crippen molar-refractivity contribution < 1.29 is 30.0 Å². The SMILES string of the molecule is Cc1c(O)cc2c(c1O)C(=O)[C@H](Cc1ccc(O)cc1O)CO2. The van der Waals surface area contributed by atoms with Gasteiger partial charge in [0.1, 0.15) is 34.3 Å². The predicted molar refractivity (Wildman–Crippen MR) is 81.3 cm³/mol. The van der Waals surface area contributed by atoms with E-state index in [1.165, 1.54) is 31.2 Å². The first-order valence-electron chi connectivity index (χ1n) is 7.12.